The highest BCUT2D eigenvalue weighted by molar-refractivity contribution is 7.26. The van der Waals surface area contributed by atoms with Crippen LogP contribution in [0, 0.1) is 0 Å². The molecule has 0 atom stereocenters. The Hall–Kier alpha value is -11.5. The van der Waals surface area contributed by atoms with Crippen LogP contribution in [0.3, 0.4) is 0 Å². The lowest BCUT2D eigenvalue weighted by Gasteiger charge is -2.10. The highest BCUT2D eigenvalue weighted by Crippen LogP contribution is 2.44. The van der Waals surface area contributed by atoms with Crippen molar-refractivity contribution in [3.8, 4) is 34.4 Å². The zero-order valence-electron chi connectivity index (χ0n) is 45.6. The van der Waals surface area contributed by atoms with E-state index in [4.69, 9.17) is 33.2 Å². The molecule has 0 N–H and O–H groups in total. The van der Waals surface area contributed by atoms with Gasteiger partial charge in [0.1, 0.15) is 39.1 Å². The number of fused-ring (bicyclic) bond motifs is 20. The first kappa shape index (κ1) is 47.1. The minimum absolute atomic E-state index is 0.604. The summed E-state index contributed by atoms with van der Waals surface area (Å²) in [6.07, 6.45) is 0. The van der Waals surface area contributed by atoms with E-state index < -0.39 is 0 Å². The maximum Gasteiger partial charge on any atom is 0.236 e. The standard InChI is InChI=1S/C38H21N3O2.C38H21N3OS/c1-2-10-23-21-31-28(19-22(23)9-1)25-11-3-6-14-30(25)41(31)38-39-35(37-36(40-38)27-13-5-8-16-33(27)43-37)24-17-18-34-29(20-24)26-12-4-7-15-32(26)42-34;1-2-10-23-21-31-28(19-22(23)9-1)25-11-3-6-14-30(25)41(31)38-39-35(37-36(40-38)27-13-5-8-16-34(27)43-37)24-17-18-33-29(20-24)26-12-4-7-15-32(26)42-33/h2*1-21H. The third kappa shape index (κ3) is 6.99. The van der Waals surface area contributed by atoms with Gasteiger partial charge in [0.25, 0.3) is 0 Å². The molecule has 0 unspecified atom stereocenters. The Kier molecular flexibility index (Phi) is 9.86. The van der Waals surface area contributed by atoms with Crippen LogP contribution in [0.2, 0.25) is 0 Å². The zero-order chi connectivity index (χ0) is 56.1. The van der Waals surface area contributed by atoms with E-state index in [0.29, 0.717) is 17.5 Å². The molecule has 0 saturated heterocycles. The van der Waals surface area contributed by atoms with E-state index in [1.807, 2.05) is 54.6 Å². The second-order valence-corrected chi connectivity index (χ2v) is 23.1. The molecule has 0 spiro atoms. The van der Waals surface area contributed by atoms with Gasteiger partial charge in [-0.25, -0.2) is 19.9 Å². The Bertz CT molecular complexity index is 5870. The molecule has 20 rings (SSSR count). The number of nitrogens with zero attached hydrogens (tertiary/aromatic N) is 6. The summed E-state index contributed by atoms with van der Waals surface area (Å²) >= 11 is 1.75. The molecule has 8 aromatic heterocycles. The molecular formula is C76H42N6O3S. The number of furan rings is 3. The van der Waals surface area contributed by atoms with Crippen LogP contribution in [0.5, 0.6) is 0 Å². The molecule has 0 saturated carbocycles. The van der Waals surface area contributed by atoms with Crippen molar-refractivity contribution >= 4 is 163 Å². The highest BCUT2D eigenvalue weighted by Gasteiger charge is 2.24. The lowest BCUT2D eigenvalue weighted by Crippen LogP contribution is -2.02. The van der Waals surface area contributed by atoms with Gasteiger partial charge in [-0.1, -0.05) is 152 Å². The van der Waals surface area contributed by atoms with Crippen molar-refractivity contribution in [1.29, 1.82) is 0 Å². The van der Waals surface area contributed by atoms with Crippen LogP contribution in [0.15, 0.2) is 268 Å². The third-order valence-corrected chi connectivity index (χ3v) is 18.4. The van der Waals surface area contributed by atoms with E-state index in [2.05, 4.69) is 209 Å². The Morgan fingerprint density at radius 2 is 0.698 bits per heavy atom. The van der Waals surface area contributed by atoms with Gasteiger partial charge in [0.2, 0.25) is 11.9 Å². The van der Waals surface area contributed by atoms with E-state index in [-0.39, 0.29) is 0 Å². The lowest BCUT2D eigenvalue weighted by atomic mass is 10.1. The van der Waals surface area contributed by atoms with Gasteiger partial charge >= 0.3 is 0 Å². The summed E-state index contributed by atoms with van der Waals surface area (Å²) < 4.78 is 25.5. The topological polar surface area (TPSA) is 101 Å². The van der Waals surface area contributed by atoms with Gasteiger partial charge < -0.3 is 13.3 Å². The predicted octanol–water partition coefficient (Wildman–Crippen LogP) is 20.9. The van der Waals surface area contributed by atoms with Crippen LogP contribution in [0.4, 0.5) is 0 Å². The number of hydrogen-bond donors (Lipinski definition) is 0. The van der Waals surface area contributed by atoms with Crippen molar-refractivity contribution < 1.29 is 13.3 Å². The normalized spacial score (nSPS) is 12.2. The molecule has 0 amide bonds. The zero-order valence-corrected chi connectivity index (χ0v) is 46.4. The number of benzene rings is 12. The first-order valence-electron chi connectivity index (χ1n) is 28.7. The average Bonchev–Trinajstić information content (AvgIpc) is 1.81. The second kappa shape index (κ2) is 18.0. The maximum atomic E-state index is 6.47. The summed E-state index contributed by atoms with van der Waals surface area (Å²) in [5.41, 5.74) is 14.7. The van der Waals surface area contributed by atoms with Gasteiger partial charge in [-0.2, -0.15) is 0 Å². The number of hydrogen-bond acceptors (Lipinski definition) is 8. The number of para-hydroxylation sites is 5. The van der Waals surface area contributed by atoms with E-state index in [1.165, 1.54) is 42.4 Å². The largest absolute Gasteiger partial charge is 0.456 e. The predicted molar refractivity (Wildman–Crippen MR) is 353 cm³/mol. The van der Waals surface area contributed by atoms with Crippen LogP contribution in [0.1, 0.15) is 0 Å². The van der Waals surface area contributed by atoms with Gasteiger partial charge in [-0.3, -0.25) is 9.13 Å². The molecule has 20 aromatic rings. The van der Waals surface area contributed by atoms with E-state index in [0.717, 1.165) is 126 Å². The second-order valence-electron chi connectivity index (χ2n) is 22.1. The van der Waals surface area contributed by atoms with Crippen LogP contribution >= 0.6 is 11.3 Å². The fourth-order valence-corrected chi connectivity index (χ4v) is 14.4. The van der Waals surface area contributed by atoms with Crippen LogP contribution in [-0.2, 0) is 0 Å². The molecule has 0 fully saturated rings. The Morgan fingerprint density at radius 1 is 0.279 bits per heavy atom. The number of aromatic nitrogens is 6. The van der Waals surface area contributed by atoms with Crippen molar-refractivity contribution in [2.24, 2.45) is 0 Å². The lowest BCUT2D eigenvalue weighted by molar-refractivity contribution is 0.666. The molecule has 0 aliphatic carbocycles. The highest BCUT2D eigenvalue weighted by atomic mass is 32.1. The number of rotatable bonds is 4. The summed E-state index contributed by atoms with van der Waals surface area (Å²) in [4.78, 5) is 21.2. The van der Waals surface area contributed by atoms with Crippen molar-refractivity contribution in [1.82, 2.24) is 29.1 Å². The molecule has 0 radical (unpaired) electrons. The fourth-order valence-electron chi connectivity index (χ4n) is 13.2. The molecule has 8 heterocycles. The minimum atomic E-state index is 0.604. The van der Waals surface area contributed by atoms with Gasteiger partial charge in [-0.05, 0) is 125 Å². The molecular weight excluding hydrogens is 1080 g/mol. The summed E-state index contributed by atoms with van der Waals surface area (Å²) in [5, 5.41) is 15.9. The van der Waals surface area contributed by atoms with Gasteiger partial charge in [0, 0.05) is 69.7 Å². The Labute approximate surface area is 491 Å². The van der Waals surface area contributed by atoms with Crippen LogP contribution in [0.25, 0.3) is 186 Å². The van der Waals surface area contributed by atoms with Crippen molar-refractivity contribution in [2.45, 2.75) is 0 Å². The molecule has 10 heteroatoms. The summed E-state index contributed by atoms with van der Waals surface area (Å²) in [6.45, 7) is 0. The van der Waals surface area contributed by atoms with E-state index in [1.54, 1.807) is 11.3 Å². The summed E-state index contributed by atoms with van der Waals surface area (Å²) in [5.74, 6) is 1.28. The minimum Gasteiger partial charge on any atom is -0.456 e. The molecule has 0 aliphatic heterocycles. The van der Waals surface area contributed by atoms with Crippen LogP contribution in [-0.4, -0.2) is 29.1 Å². The van der Waals surface area contributed by atoms with E-state index >= 15 is 0 Å². The summed E-state index contributed by atoms with van der Waals surface area (Å²) in [6, 6.07) is 88.7. The first-order chi connectivity index (χ1) is 42.6. The van der Waals surface area contributed by atoms with E-state index in [9.17, 15) is 0 Å². The smallest absolute Gasteiger partial charge is 0.236 e. The quantitative estimate of drug-likeness (QED) is 0.173. The molecule has 12 aromatic carbocycles. The van der Waals surface area contributed by atoms with Crippen molar-refractivity contribution in [2.75, 3.05) is 0 Å². The average molecular weight is 1120 g/mol. The van der Waals surface area contributed by atoms with Gasteiger partial charge in [0.05, 0.1) is 38.0 Å². The molecule has 86 heavy (non-hydrogen) atoms. The SMILES string of the molecule is c1ccc2cc3c(cc2c1)c1ccccc1n3-c1nc(-c2ccc3oc4ccccc4c3c2)c2oc3ccccc3c2n1.c1ccc2cc3c(cc2c1)c1ccccc1n3-c1nc(-c2ccc3oc4ccccc4c3c2)c2sc3ccccc3c2n1. The van der Waals surface area contributed by atoms with Gasteiger partial charge in [-0.15, -0.1) is 11.3 Å². The van der Waals surface area contributed by atoms with Crippen molar-refractivity contribution in [3.05, 3.63) is 255 Å². The fraction of sp³-hybridized carbons (Fsp3) is 0. The molecule has 0 bridgehead atoms. The molecule has 9 nitrogen and oxygen atoms in total. The molecule has 0 aliphatic rings. The molecule has 400 valence electrons. The Morgan fingerprint density at radius 3 is 1.27 bits per heavy atom. The Balaban J connectivity index is 0.000000126. The first-order valence-corrected chi connectivity index (χ1v) is 29.5. The van der Waals surface area contributed by atoms with Crippen LogP contribution < -0.4 is 0 Å². The monoisotopic (exact) mass is 1120 g/mol. The van der Waals surface area contributed by atoms with Gasteiger partial charge in [0.15, 0.2) is 5.58 Å². The van der Waals surface area contributed by atoms with Crippen molar-refractivity contribution in [3.63, 3.8) is 0 Å². The summed E-state index contributed by atoms with van der Waals surface area (Å²) in [7, 11) is 0. The number of thiophene rings is 1. The maximum absolute atomic E-state index is 6.47. The third-order valence-electron chi connectivity index (χ3n) is 17.2.